The van der Waals surface area contributed by atoms with E-state index < -0.39 is 0 Å². The van der Waals surface area contributed by atoms with Gasteiger partial charge in [-0.3, -0.25) is 25.0 Å². The monoisotopic (exact) mass is 550 g/mol. The number of rotatable bonds is 7. The molecular weight excluding hydrogens is 512 g/mol. The topological polar surface area (TPSA) is 91.6 Å². The summed E-state index contributed by atoms with van der Waals surface area (Å²) in [5.41, 5.74) is 4.84. The normalized spacial score (nSPS) is 20.4. The molecule has 0 atom stereocenters. The zero-order valence-electron chi connectivity index (χ0n) is 22.9. The highest BCUT2D eigenvalue weighted by Crippen LogP contribution is 2.29. The van der Waals surface area contributed by atoms with Gasteiger partial charge in [0.15, 0.2) is 5.82 Å². The molecule has 3 heterocycles. The van der Waals surface area contributed by atoms with Gasteiger partial charge in [0.2, 0.25) is 5.82 Å². The van der Waals surface area contributed by atoms with Crippen molar-refractivity contribution in [3.05, 3.63) is 52.4 Å². The minimum atomic E-state index is -0.215. The second-order valence-electron chi connectivity index (χ2n) is 11.1. The van der Waals surface area contributed by atoms with E-state index in [2.05, 4.69) is 49.3 Å². The predicted octanol–water partition coefficient (Wildman–Crippen LogP) is 3.70. The molecular formula is C29H39ClN8O. The Morgan fingerprint density at radius 3 is 2.41 bits per heavy atom. The highest BCUT2D eigenvalue weighted by atomic mass is 35.5. The molecule has 1 aromatic heterocycles. The van der Waals surface area contributed by atoms with Crippen molar-refractivity contribution >= 4 is 23.3 Å². The highest BCUT2D eigenvalue weighted by Gasteiger charge is 2.28. The van der Waals surface area contributed by atoms with Crippen molar-refractivity contribution in [3.8, 4) is 6.07 Å². The van der Waals surface area contributed by atoms with Gasteiger partial charge in [-0.15, -0.1) is 0 Å². The van der Waals surface area contributed by atoms with E-state index in [9.17, 15) is 10.1 Å². The van der Waals surface area contributed by atoms with Gasteiger partial charge in [-0.25, -0.2) is 4.98 Å². The molecule has 0 bridgehead atoms. The van der Waals surface area contributed by atoms with Crippen molar-refractivity contribution in [2.75, 3.05) is 51.3 Å². The van der Waals surface area contributed by atoms with Gasteiger partial charge in [0.1, 0.15) is 11.1 Å². The average molecular weight is 551 g/mol. The summed E-state index contributed by atoms with van der Waals surface area (Å²) in [5.74, 6) is 0.190. The van der Waals surface area contributed by atoms with Crippen LogP contribution in [0, 0.1) is 11.3 Å². The first-order chi connectivity index (χ1) is 19.0. The number of piperazine rings is 1. The zero-order chi connectivity index (χ0) is 27.2. The molecule has 1 aliphatic carbocycles. The van der Waals surface area contributed by atoms with Crippen LogP contribution in [0.4, 0.5) is 5.82 Å². The number of carbonyl (C=O) groups is 1. The van der Waals surface area contributed by atoms with Crippen molar-refractivity contribution in [1.82, 2.24) is 30.1 Å². The smallest absolute Gasteiger partial charge is 0.269 e. The third-order valence-corrected chi connectivity index (χ3v) is 8.72. The van der Waals surface area contributed by atoms with Crippen LogP contribution >= 0.6 is 11.6 Å². The molecule has 2 aliphatic heterocycles. The number of hydrogen-bond donors (Lipinski definition) is 1. The van der Waals surface area contributed by atoms with Crippen molar-refractivity contribution in [2.24, 2.45) is 0 Å². The van der Waals surface area contributed by atoms with Gasteiger partial charge in [0, 0.05) is 44.3 Å². The van der Waals surface area contributed by atoms with Crippen LogP contribution in [0.3, 0.4) is 0 Å². The molecule has 0 spiro atoms. The molecule has 39 heavy (non-hydrogen) atoms. The maximum atomic E-state index is 13.3. The number of amides is 1. The van der Waals surface area contributed by atoms with E-state index in [1.165, 1.54) is 57.2 Å². The van der Waals surface area contributed by atoms with Crippen molar-refractivity contribution in [1.29, 1.82) is 5.26 Å². The average Bonchev–Trinajstić information content (AvgIpc) is 2.98. The Labute approximate surface area is 236 Å². The second-order valence-corrected chi connectivity index (χ2v) is 11.5. The Hall–Kier alpha value is -2.77. The third kappa shape index (κ3) is 7.06. The lowest BCUT2D eigenvalue weighted by atomic mass is 9.95. The number of halogens is 1. The van der Waals surface area contributed by atoms with E-state index in [1.807, 2.05) is 18.2 Å². The molecule has 9 nitrogen and oxygen atoms in total. The molecule has 0 radical (unpaired) electrons. The Bertz CT molecular complexity index is 1150. The maximum absolute atomic E-state index is 13.3. The number of hydrogen-bond acceptors (Lipinski definition) is 8. The van der Waals surface area contributed by atoms with E-state index >= 15 is 0 Å². The largest absolute Gasteiger partial charge is 0.304 e. The van der Waals surface area contributed by atoms with Crippen molar-refractivity contribution in [2.45, 2.75) is 63.6 Å². The van der Waals surface area contributed by atoms with Crippen LogP contribution < -0.4 is 10.4 Å². The number of nitriles is 1. The summed E-state index contributed by atoms with van der Waals surface area (Å²) in [4.78, 5) is 29.2. The number of nitrogens with zero attached hydrogens (tertiary/aromatic N) is 7. The lowest BCUT2D eigenvalue weighted by Crippen LogP contribution is -2.52. The van der Waals surface area contributed by atoms with Crippen LogP contribution in [-0.4, -0.2) is 89.0 Å². The number of carbonyl (C=O) groups excluding carboxylic acids is 1. The summed E-state index contributed by atoms with van der Waals surface area (Å²) in [7, 11) is 2.21. The van der Waals surface area contributed by atoms with Gasteiger partial charge >= 0.3 is 0 Å². The standard InChI is InChI=1S/C29H39ClN8O/c1-35-15-17-37(18-16-35)24-11-13-36(14-12-24)21-22-7-9-23(10-8-22)29(39)34-38(25-5-3-2-4-6-25)28-26(30)20-32-27(19-31)33-28/h7-10,20,24-25H,2-6,11-18,21H2,1H3,(H,34,39). The Kier molecular flexibility index (Phi) is 9.30. The Balaban J connectivity index is 1.19. The first-order valence-corrected chi connectivity index (χ1v) is 14.6. The number of anilines is 1. The number of hydrazine groups is 1. The maximum Gasteiger partial charge on any atom is 0.269 e. The molecule has 1 aromatic carbocycles. The van der Waals surface area contributed by atoms with E-state index in [0.29, 0.717) is 22.4 Å². The number of piperidine rings is 1. The molecule has 2 aromatic rings. The van der Waals surface area contributed by atoms with Crippen molar-refractivity contribution in [3.63, 3.8) is 0 Å². The van der Waals surface area contributed by atoms with Gasteiger partial charge in [0.25, 0.3) is 5.91 Å². The summed E-state index contributed by atoms with van der Waals surface area (Å²) in [6.07, 6.45) is 9.04. The molecule has 1 saturated carbocycles. The summed E-state index contributed by atoms with van der Waals surface area (Å²) in [6, 6.07) is 10.6. The minimum absolute atomic E-state index is 0.0291. The molecule has 2 saturated heterocycles. The van der Waals surface area contributed by atoms with Crippen LogP contribution in [0.2, 0.25) is 5.02 Å². The fourth-order valence-electron chi connectivity index (χ4n) is 6.06. The molecule has 0 unspecified atom stereocenters. The minimum Gasteiger partial charge on any atom is -0.304 e. The molecule has 1 N–H and O–H groups in total. The summed E-state index contributed by atoms with van der Waals surface area (Å²) in [6.45, 7) is 7.84. The fraction of sp³-hybridized carbons (Fsp3) is 0.586. The lowest BCUT2D eigenvalue weighted by molar-refractivity contribution is 0.0658. The Morgan fingerprint density at radius 2 is 1.74 bits per heavy atom. The zero-order valence-corrected chi connectivity index (χ0v) is 23.6. The van der Waals surface area contributed by atoms with Gasteiger partial charge < -0.3 is 4.90 Å². The van der Waals surface area contributed by atoms with E-state index in [0.717, 1.165) is 45.3 Å². The van der Waals surface area contributed by atoms with Gasteiger partial charge in [0.05, 0.1) is 12.2 Å². The van der Waals surface area contributed by atoms with E-state index in [4.69, 9.17) is 11.6 Å². The van der Waals surface area contributed by atoms with Crippen LogP contribution in [0.15, 0.2) is 30.5 Å². The molecule has 3 fully saturated rings. The SMILES string of the molecule is CN1CCN(C2CCN(Cc3ccc(C(=O)NN(c4nc(C#N)ncc4Cl)C4CCCCC4)cc3)CC2)CC1. The number of nitrogens with one attached hydrogen (secondary N) is 1. The van der Waals surface area contributed by atoms with Crippen LogP contribution in [-0.2, 0) is 6.54 Å². The van der Waals surface area contributed by atoms with Crippen molar-refractivity contribution < 1.29 is 4.79 Å². The summed E-state index contributed by atoms with van der Waals surface area (Å²) >= 11 is 6.43. The first-order valence-electron chi connectivity index (χ1n) is 14.3. The Morgan fingerprint density at radius 1 is 1.05 bits per heavy atom. The quantitative estimate of drug-likeness (QED) is 0.522. The van der Waals surface area contributed by atoms with Crippen LogP contribution in [0.5, 0.6) is 0 Å². The highest BCUT2D eigenvalue weighted by molar-refractivity contribution is 6.32. The van der Waals surface area contributed by atoms with Crippen LogP contribution in [0.1, 0.15) is 66.7 Å². The van der Waals surface area contributed by atoms with Gasteiger partial charge in [-0.2, -0.15) is 10.2 Å². The second kappa shape index (κ2) is 13.1. The molecule has 3 aliphatic rings. The predicted molar refractivity (Wildman–Crippen MR) is 152 cm³/mol. The lowest BCUT2D eigenvalue weighted by Gasteiger charge is -2.42. The summed E-state index contributed by atoms with van der Waals surface area (Å²) in [5, 5.41) is 11.4. The molecule has 208 valence electrons. The molecule has 10 heteroatoms. The number of benzene rings is 1. The first kappa shape index (κ1) is 27.8. The van der Waals surface area contributed by atoms with Gasteiger partial charge in [-0.1, -0.05) is 43.0 Å². The third-order valence-electron chi connectivity index (χ3n) is 8.45. The van der Waals surface area contributed by atoms with Crippen LogP contribution in [0.25, 0.3) is 0 Å². The number of aromatic nitrogens is 2. The van der Waals surface area contributed by atoms with E-state index in [-0.39, 0.29) is 17.8 Å². The van der Waals surface area contributed by atoms with E-state index in [1.54, 1.807) is 5.01 Å². The van der Waals surface area contributed by atoms with Gasteiger partial charge in [-0.05, 0) is 63.5 Å². The fourth-order valence-corrected chi connectivity index (χ4v) is 6.24. The number of likely N-dealkylation sites (N-methyl/N-ethyl adjacent to an activating group) is 1. The molecule has 5 rings (SSSR count). The molecule has 1 amide bonds. The number of likely N-dealkylation sites (tertiary alicyclic amines) is 1. The summed E-state index contributed by atoms with van der Waals surface area (Å²) < 4.78 is 0.